The van der Waals surface area contributed by atoms with Crippen molar-refractivity contribution in [2.45, 2.75) is 20.0 Å². The predicted octanol–water partition coefficient (Wildman–Crippen LogP) is 5.71. The highest BCUT2D eigenvalue weighted by molar-refractivity contribution is 5.89. The van der Waals surface area contributed by atoms with Crippen LogP contribution in [-0.4, -0.2) is 4.98 Å². The van der Waals surface area contributed by atoms with Gasteiger partial charge in [-0.1, -0.05) is 72.8 Å². The van der Waals surface area contributed by atoms with Crippen molar-refractivity contribution in [2.24, 2.45) is 0 Å². The highest BCUT2D eigenvalue weighted by Crippen LogP contribution is 2.30. The van der Waals surface area contributed by atoms with Gasteiger partial charge >= 0.3 is 0 Å². The lowest BCUT2D eigenvalue weighted by Crippen LogP contribution is -1.99. The van der Waals surface area contributed by atoms with Gasteiger partial charge in [0.1, 0.15) is 12.4 Å². The molecule has 0 saturated heterocycles. The number of rotatable bonds is 5. The van der Waals surface area contributed by atoms with Gasteiger partial charge in [-0.3, -0.25) is 4.98 Å². The number of hydrogen-bond acceptors (Lipinski definition) is 2. The van der Waals surface area contributed by atoms with Crippen LogP contribution >= 0.6 is 0 Å². The van der Waals surface area contributed by atoms with Crippen LogP contribution in [0.2, 0.25) is 0 Å². The molecule has 26 heavy (non-hydrogen) atoms. The molecule has 1 heterocycles. The first-order valence-corrected chi connectivity index (χ1v) is 8.88. The number of benzene rings is 3. The summed E-state index contributed by atoms with van der Waals surface area (Å²) in [6, 6.07) is 27.3. The van der Waals surface area contributed by atoms with Gasteiger partial charge in [0.05, 0.1) is 5.69 Å². The van der Waals surface area contributed by atoms with E-state index in [0.717, 1.165) is 34.2 Å². The van der Waals surface area contributed by atoms with Gasteiger partial charge in [0.25, 0.3) is 0 Å². The van der Waals surface area contributed by atoms with Crippen molar-refractivity contribution in [3.05, 3.63) is 107 Å². The van der Waals surface area contributed by atoms with E-state index in [9.17, 15) is 0 Å². The first-order chi connectivity index (χ1) is 12.8. The van der Waals surface area contributed by atoms with Crippen molar-refractivity contribution in [3.8, 4) is 5.75 Å². The monoisotopic (exact) mass is 339 g/mol. The standard InChI is InChI=1S/C24H21NO/c1-18-24(26-17-20-10-6-3-7-11-20)23-15-21(12-13-22(23)16-25-18)14-19-8-4-2-5-9-19/h2-13,15-16H,14,17H2,1H3. The van der Waals surface area contributed by atoms with Crippen molar-refractivity contribution < 1.29 is 4.74 Å². The maximum Gasteiger partial charge on any atom is 0.148 e. The minimum absolute atomic E-state index is 0.547. The fraction of sp³-hybridized carbons (Fsp3) is 0.125. The summed E-state index contributed by atoms with van der Waals surface area (Å²) in [6.45, 7) is 2.55. The molecule has 0 fully saturated rings. The van der Waals surface area contributed by atoms with Gasteiger partial charge < -0.3 is 4.74 Å². The molecule has 0 bridgehead atoms. The summed E-state index contributed by atoms with van der Waals surface area (Å²) in [6.07, 6.45) is 2.84. The van der Waals surface area contributed by atoms with Crippen molar-refractivity contribution in [2.75, 3.05) is 0 Å². The maximum absolute atomic E-state index is 6.18. The summed E-state index contributed by atoms with van der Waals surface area (Å²) >= 11 is 0. The molecular weight excluding hydrogens is 318 g/mol. The predicted molar refractivity (Wildman–Crippen MR) is 107 cm³/mol. The molecule has 2 nitrogen and oxygen atoms in total. The smallest absolute Gasteiger partial charge is 0.148 e. The third kappa shape index (κ3) is 3.60. The number of hydrogen-bond donors (Lipinski definition) is 0. The molecule has 4 rings (SSSR count). The van der Waals surface area contributed by atoms with Gasteiger partial charge in [-0.25, -0.2) is 0 Å². The van der Waals surface area contributed by atoms with Crippen LogP contribution in [-0.2, 0) is 13.0 Å². The highest BCUT2D eigenvalue weighted by Gasteiger charge is 2.09. The number of fused-ring (bicyclic) bond motifs is 1. The molecule has 0 amide bonds. The molecule has 0 saturated carbocycles. The summed E-state index contributed by atoms with van der Waals surface area (Å²) in [4.78, 5) is 4.51. The van der Waals surface area contributed by atoms with Gasteiger partial charge in [0, 0.05) is 17.0 Å². The van der Waals surface area contributed by atoms with E-state index in [1.54, 1.807) is 0 Å². The molecule has 128 valence electrons. The Labute approximate surface area is 154 Å². The number of aromatic nitrogens is 1. The fourth-order valence-corrected chi connectivity index (χ4v) is 3.19. The minimum Gasteiger partial charge on any atom is -0.486 e. The van der Waals surface area contributed by atoms with Crippen LogP contribution in [0.3, 0.4) is 0 Å². The molecule has 0 radical (unpaired) electrons. The Morgan fingerprint density at radius 2 is 1.46 bits per heavy atom. The molecule has 0 aliphatic rings. The largest absolute Gasteiger partial charge is 0.486 e. The molecule has 3 aromatic carbocycles. The summed E-state index contributed by atoms with van der Waals surface area (Å²) in [5.74, 6) is 0.876. The number of aryl methyl sites for hydroxylation is 1. The fourth-order valence-electron chi connectivity index (χ4n) is 3.19. The normalized spacial score (nSPS) is 10.8. The van der Waals surface area contributed by atoms with Crippen LogP contribution in [0.1, 0.15) is 22.4 Å². The van der Waals surface area contributed by atoms with Crippen LogP contribution in [0.4, 0.5) is 0 Å². The molecule has 0 atom stereocenters. The van der Waals surface area contributed by atoms with E-state index in [4.69, 9.17) is 4.74 Å². The zero-order valence-corrected chi connectivity index (χ0v) is 14.9. The number of pyridine rings is 1. The lowest BCUT2D eigenvalue weighted by atomic mass is 10.0. The highest BCUT2D eigenvalue weighted by atomic mass is 16.5. The topological polar surface area (TPSA) is 22.1 Å². The van der Waals surface area contributed by atoms with Gasteiger partial charge in [-0.2, -0.15) is 0 Å². The Kier molecular flexibility index (Phi) is 4.65. The molecule has 0 unspecified atom stereocenters. The SMILES string of the molecule is Cc1ncc2ccc(Cc3ccccc3)cc2c1OCc1ccccc1. The molecule has 2 heteroatoms. The van der Waals surface area contributed by atoms with Crippen LogP contribution in [0.15, 0.2) is 85.1 Å². The maximum atomic E-state index is 6.18. The van der Waals surface area contributed by atoms with Gasteiger partial charge in [0.15, 0.2) is 0 Å². The van der Waals surface area contributed by atoms with E-state index in [1.807, 2.05) is 31.3 Å². The second kappa shape index (κ2) is 7.40. The Morgan fingerprint density at radius 3 is 2.19 bits per heavy atom. The Hall–Kier alpha value is -3.13. The van der Waals surface area contributed by atoms with E-state index in [0.29, 0.717) is 6.61 Å². The Bertz CT molecular complexity index is 1010. The van der Waals surface area contributed by atoms with Crippen LogP contribution in [0.5, 0.6) is 5.75 Å². The van der Waals surface area contributed by atoms with Crippen LogP contribution in [0.25, 0.3) is 10.8 Å². The summed E-state index contributed by atoms with van der Waals surface area (Å²) in [5, 5.41) is 2.23. The second-order valence-electron chi connectivity index (χ2n) is 6.53. The average Bonchev–Trinajstić information content (AvgIpc) is 2.69. The van der Waals surface area contributed by atoms with E-state index in [1.165, 1.54) is 11.1 Å². The zero-order chi connectivity index (χ0) is 17.8. The van der Waals surface area contributed by atoms with Crippen molar-refractivity contribution >= 4 is 10.8 Å². The summed E-state index contributed by atoms with van der Waals surface area (Å²) < 4.78 is 6.18. The van der Waals surface area contributed by atoms with E-state index < -0.39 is 0 Å². The lowest BCUT2D eigenvalue weighted by molar-refractivity contribution is 0.306. The summed E-state index contributed by atoms with van der Waals surface area (Å²) in [7, 11) is 0. The Morgan fingerprint density at radius 1 is 0.769 bits per heavy atom. The van der Waals surface area contributed by atoms with Crippen molar-refractivity contribution in [1.82, 2.24) is 4.98 Å². The third-order valence-corrected chi connectivity index (χ3v) is 4.57. The summed E-state index contributed by atoms with van der Waals surface area (Å²) in [5.41, 5.74) is 4.66. The quantitative estimate of drug-likeness (QED) is 0.464. The van der Waals surface area contributed by atoms with Gasteiger partial charge in [-0.05, 0) is 36.1 Å². The van der Waals surface area contributed by atoms with Gasteiger partial charge in [-0.15, -0.1) is 0 Å². The number of ether oxygens (including phenoxy) is 1. The van der Waals surface area contributed by atoms with Crippen molar-refractivity contribution in [1.29, 1.82) is 0 Å². The number of nitrogens with zero attached hydrogens (tertiary/aromatic N) is 1. The first-order valence-electron chi connectivity index (χ1n) is 8.88. The molecule has 0 aliphatic carbocycles. The van der Waals surface area contributed by atoms with Gasteiger partial charge in [0.2, 0.25) is 0 Å². The molecule has 4 aromatic rings. The van der Waals surface area contributed by atoms with E-state index >= 15 is 0 Å². The van der Waals surface area contributed by atoms with E-state index in [-0.39, 0.29) is 0 Å². The third-order valence-electron chi connectivity index (χ3n) is 4.57. The molecule has 0 aliphatic heterocycles. The lowest BCUT2D eigenvalue weighted by Gasteiger charge is -2.13. The second-order valence-corrected chi connectivity index (χ2v) is 6.53. The molecule has 0 N–H and O–H groups in total. The van der Waals surface area contributed by atoms with E-state index in [2.05, 4.69) is 65.6 Å². The minimum atomic E-state index is 0.547. The molecular formula is C24H21NO. The zero-order valence-electron chi connectivity index (χ0n) is 14.9. The Balaban J connectivity index is 1.66. The van der Waals surface area contributed by atoms with Crippen molar-refractivity contribution in [3.63, 3.8) is 0 Å². The molecule has 1 aromatic heterocycles. The molecule has 0 spiro atoms. The van der Waals surface area contributed by atoms with Crippen LogP contribution < -0.4 is 4.74 Å². The average molecular weight is 339 g/mol. The van der Waals surface area contributed by atoms with Crippen LogP contribution in [0, 0.1) is 6.92 Å². The first kappa shape index (κ1) is 16.3.